The van der Waals surface area contributed by atoms with Gasteiger partial charge in [-0.2, -0.15) is 0 Å². The van der Waals surface area contributed by atoms with Gasteiger partial charge in [0.25, 0.3) is 0 Å². The maximum absolute atomic E-state index is 12.3. The first kappa shape index (κ1) is 20.0. The van der Waals surface area contributed by atoms with Crippen LogP contribution in [0.1, 0.15) is 12.5 Å². The molecule has 0 fully saturated rings. The van der Waals surface area contributed by atoms with Crippen LogP contribution in [0.3, 0.4) is 0 Å². The molecule has 0 unspecified atom stereocenters. The molecule has 0 radical (unpaired) electrons. The third-order valence-electron chi connectivity index (χ3n) is 3.88. The summed E-state index contributed by atoms with van der Waals surface area (Å²) in [5, 5.41) is 6.52. The van der Waals surface area contributed by atoms with Crippen molar-refractivity contribution in [1.29, 1.82) is 0 Å². The molecule has 0 saturated carbocycles. The van der Waals surface area contributed by atoms with E-state index < -0.39 is 0 Å². The van der Waals surface area contributed by atoms with E-state index in [0.717, 1.165) is 16.4 Å². The smallest absolute Gasteiger partial charge is 0.234 e. The van der Waals surface area contributed by atoms with E-state index in [1.165, 1.54) is 18.7 Å². The number of para-hydroxylation sites is 1. The van der Waals surface area contributed by atoms with Crippen LogP contribution in [0.4, 0.5) is 11.4 Å². The number of thioether (sulfide) groups is 1. The lowest BCUT2D eigenvalue weighted by molar-refractivity contribution is -0.114. The fourth-order valence-corrected chi connectivity index (χ4v) is 3.62. The fourth-order valence-electron chi connectivity index (χ4n) is 2.62. The van der Waals surface area contributed by atoms with Gasteiger partial charge in [-0.15, -0.1) is 0 Å². The highest BCUT2D eigenvalue weighted by Gasteiger charge is 2.11. The standard InChI is InChI=1S/C20H19ClN4O2S/c1-13-5-3-4-6-18(13)25-10-9-22-20(25)28-12-19(27)24-15-7-8-17(16(21)11-15)23-14(2)26/h3-11H,12H2,1-2H3,(H,23,26)(H,24,27). The number of carbonyl (C=O) groups is 2. The fraction of sp³-hybridized carbons (Fsp3) is 0.150. The van der Waals surface area contributed by atoms with Gasteiger partial charge in [0.15, 0.2) is 5.16 Å². The predicted octanol–water partition coefficient (Wildman–Crippen LogP) is 4.52. The zero-order chi connectivity index (χ0) is 20.1. The van der Waals surface area contributed by atoms with E-state index in [9.17, 15) is 9.59 Å². The lowest BCUT2D eigenvalue weighted by atomic mass is 10.2. The molecule has 0 atom stereocenters. The zero-order valence-electron chi connectivity index (χ0n) is 15.4. The summed E-state index contributed by atoms with van der Waals surface area (Å²) in [4.78, 5) is 27.8. The predicted molar refractivity (Wildman–Crippen MR) is 113 cm³/mol. The van der Waals surface area contributed by atoms with E-state index in [4.69, 9.17) is 11.6 Å². The average Bonchev–Trinajstić information content (AvgIpc) is 3.11. The van der Waals surface area contributed by atoms with Crippen molar-refractivity contribution in [2.24, 2.45) is 0 Å². The third-order valence-corrected chi connectivity index (χ3v) is 5.16. The topological polar surface area (TPSA) is 76.0 Å². The molecule has 3 aromatic rings. The number of benzene rings is 2. The van der Waals surface area contributed by atoms with Crippen molar-refractivity contribution in [1.82, 2.24) is 9.55 Å². The van der Waals surface area contributed by atoms with Crippen molar-refractivity contribution in [3.8, 4) is 5.69 Å². The van der Waals surface area contributed by atoms with Crippen LogP contribution in [0.15, 0.2) is 60.0 Å². The minimum absolute atomic E-state index is 0.173. The molecule has 0 bridgehead atoms. The van der Waals surface area contributed by atoms with Gasteiger partial charge >= 0.3 is 0 Å². The Balaban J connectivity index is 1.63. The van der Waals surface area contributed by atoms with Crippen LogP contribution in [0.5, 0.6) is 0 Å². The Morgan fingerprint density at radius 1 is 1.18 bits per heavy atom. The summed E-state index contributed by atoms with van der Waals surface area (Å²) in [7, 11) is 0. The molecule has 0 spiro atoms. The molecule has 0 aliphatic rings. The Morgan fingerprint density at radius 2 is 1.96 bits per heavy atom. The molecule has 8 heteroatoms. The third kappa shape index (κ3) is 4.94. The number of aryl methyl sites for hydroxylation is 1. The molecule has 3 rings (SSSR count). The number of aromatic nitrogens is 2. The first-order valence-corrected chi connectivity index (χ1v) is 9.89. The number of carbonyl (C=O) groups excluding carboxylic acids is 2. The van der Waals surface area contributed by atoms with Crippen LogP contribution in [-0.4, -0.2) is 27.1 Å². The average molecular weight is 415 g/mol. The Morgan fingerprint density at radius 3 is 2.68 bits per heavy atom. The molecule has 2 N–H and O–H groups in total. The second kappa shape index (κ2) is 8.95. The Kier molecular flexibility index (Phi) is 6.38. The molecule has 0 aliphatic heterocycles. The van der Waals surface area contributed by atoms with Gasteiger partial charge in [-0.25, -0.2) is 4.98 Å². The van der Waals surface area contributed by atoms with Gasteiger partial charge in [-0.1, -0.05) is 41.6 Å². The lowest BCUT2D eigenvalue weighted by Gasteiger charge is -2.11. The van der Waals surface area contributed by atoms with Crippen molar-refractivity contribution >= 4 is 46.6 Å². The summed E-state index contributed by atoms with van der Waals surface area (Å²) in [6.45, 7) is 3.44. The van der Waals surface area contributed by atoms with E-state index in [2.05, 4.69) is 15.6 Å². The van der Waals surface area contributed by atoms with Crippen LogP contribution >= 0.6 is 23.4 Å². The number of amides is 2. The highest BCUT2D eigenvalue weighted by atomic mass is 35.5. The second-order valence-corrected chi connectivity index (χ2v) is 7.43. The second-order valence-electron chi connectivity index (χ2n) is 6.08. The van der Waals surface area contributed by atoms with Crippen molar-refractivity contribution < 1.29 is 9.59 Å². The molecule has 144 valence electrons. The van der Waals surface area contributed by atoms with Crippen molar-refractivity contribution in [2.45, 2.75) is 19.0 Å². The number of rotatable bonds is 6. The summed E-state index contributed by atoms with van der Waals surface area (Å²) >= 11 is 7.48. The Hall–Kier alpha value is -2.77. The SMILES string of the molecule is CC(=O)Nc1ccc(NC(=O)CSc2nccn2-c2ccccc2C)cc1Cl. The maximum atomic E-state index is 12.3. The number of anilines is 2. The number of nitrogens with zero attached hydrogens (tertiary/aromatic N) is 2. The Bertz CT molecular complexity index is 1020. The van der Waals surface area contributed by atoms with E-state index in [1.54, 1.807) is 24.4 Å². The van der Waals surface area contributed by atoms with Crippen LogP contribution in [0.25, 0.3) is 5.69 Å². The summed E-state index contributed by atoms with van der Waals surface area (Å²) in [5.74, 6) is -0.180. The molecular weight excluding hydrogens is 396 g/mol. The first-order valence-electron chi connectivity index (χ1n) is 8.53. The van der Waals surface area contributed by atoms with Crippen LogP contribution < -0.4 is 10.6 Å². The lowest BCUT2D eigenvalue weighted by Crippen LogP contribution is -2.15. The van der Waals surface area contributed by atoms with Crippen LogP contribution in [-0.2, 0) is 9.59 Å². The highest BCUT2D eigenvalue weighted by Crippen LogP contribution is 2.26. The molecule has 2 aromatic carbocycles. The Labute approximate surface area is 172 Å². The van der Waals surface area contributed by atoms with Gasteiger partial charge in [0.2, 0.25) is 11.8 Å². The summed E-state index contributed by atoms with van der Waals surface area (Å²) in [6.07, 6.45) is 3.59. The molecule has 0 aliphatic carbocycles. The first-order chi connectivity index (χ1) is 13.4. The van der Waals surface area contributed by atoms with Crippen molar-refractivity contribution in [3.05, 3.63) is 65.4 Å². The van der Waals surface area contributed by atoms with Gasteiger partial charge in [0.05, 0.1) is 22.2 Å². The van der Waals surface area contributed by atoms with E-state index in [-0.39, 0.29) is 17.6 Å². The van der Waals surface area contributed by atoms with Gasteiger partial charge in [-0.3, -0.25) is 14.2 Å². The molecule has 1 aromatic heterocycles. The largest absolute Gasteiger partial charge is 0.325 e. The molecule has 2 amide bonds. The number of hydrogen-bond acceptors (Lipinski definition) is 4. The summed E-state index contributed by atoms with van der Waals surface area (Å²) < 4.78 is 1.96. The molecule has 28 heavy (non-hydrogen) atoms. The number of nitrogens with one attached hydrogen (secondary N) is 2. The quantitative estimate of drug-likeness (QED) is 0.581. The molecule has 0 saturated heterocycles. The molecule has 1 heterocycles. The normalized spacial score (nSPS) is 10.5. The summed E-state index contributed by atoms with van der Waals surface area (Å²) in [5.41, 5.74) is 3.22. The zero-order valence-corrected chi connectivity index (χ0v) is 17.0. The van der Waals surface area contributed by atoms with Gasteiger partial charge in [-0.05, 0) is 36.8 Å². The minimum Gasteiger partial charge on any atom is -0.325 e. The molecular formula is C20H19ClN4O2S. The highest BCUT2D eigenvalue weighted by molar-refractivity contribution is 7.99. The van der Waals surface area contributed by atoms with Crippen LogP contribution in [0.2, 0.25) is 5.02 Å². The monoisotopic (exact) mass is 414 g/mol. The van der Waals surface area contributed by atoms with E-state index in [1.807, 2.05) is 42.0 Å². The van der Waals surface area contributed by atoms with Crippen molar-refractivity contribution in [2.75, 3.05) is 16.4 Å². The van der Waals surface area contributed by atoms with E-state index in [0.29, 0.717) is 16.4 Å². The van der Waals surface area contributed by atoms with E-state index >= 15 is 0 Å². The number of hydrogen-bond donors (Lipinski definition) is 2. The van der Waals surface area contributed by atoms with Gasteiger partial charge in [0.1, 0.15) is 0 Å². The van der Waals surface area contributed by atoms with Crippen molar-refractivity contribution in [3.63, 3.8) is 0 Å². The maximum Gasteiger partial charge on any atom is 0.234 e. The van der Waals surface area contributed by atoms with Gasteiger partial charge < -0.3 is 10.6 Å². The molecule has 6 nitrogen and oxygen atoms in total. The van der Waals surface area contributed by atoms with Crippen LogP contribution in [0, 0.1) is 6.92 Å². The summed E-state index contributed by atoms with van der Waals surface area (Å²) in [6, 6.07) is 12.9. The number of imidazole rings is 1. The number of halogens is 1. The van der Waals surface area contributed by atoms with Gasteiger partial charge in [0, 0.05) is 25.0 Å². The minimum atomic E-state index is -0.209.